The van der Waals surface area contributed by atoms with Gasteiger partial charge in [-0.25, -0.2) is 0 Å². The van der Waals surface area contributed by atoms with E-state index in [0.717, 1.165) is 36.5 Å². The molecule has 0 aromatic rings. The molecule has 1 unspecified atom stereocenters. The van der Waals surface area contributed by atoms with Crippen LogP contribution in [0.15, 0.2) is 11.6 Å². The Hall–Kier alpha value is -0.770. The lowest BCUT2D eigenvalue weighted by atomic mass is 9.61. The third-order valence-corrected chi connectivity index (χ3v) is 8.70. The normalized spacial score (nSPS) is 36.5. The lowest BCUT2D eigenvalue weighted by Crippen LogP contribution is -2.33. The molecule has 1 atom stereocenters. The number of hydrogen-bond acceptors (Lipinski definition) is 1. The average molecular weight is 384 g/mol. The molecule has 0 N–H and O–H groups in total. The van der Waals surface area contributed by atoms with Crippen LogP contribution in [-0.4, -0.2) is 0 Å². The largest absolute Gasteiger partial charge is 0.197 e. The van der Waals surface area contributed by atoms with Crippen molar-refractivity contribution < 1.29 is 0 Å². The highest BCUT2D eigenvalue weighted by Gasteiger charge is 2.41. The van der Waals surface area contributed by atoms with E-state index in [1.807, 2.05) is 0 Å². The Kier molecular flexibility index (Phi) is 8.50. The van der Waals surface area contributed by atoms with Gasteiger partial charge in [-0.1, -0.05) is 76.9 Å². The number of nitrogens with zero attached hydrogens (tertiary/aromatic N) is 1. The van der Waals surface area contributed by atoms with E-state index in [2.05, 4.69) is 26.0 Å². The summed E-state index contributed by atoms with van der Waals surface area (Å²) in [6.07, 6.45) is 25.4. The lowest BCUT2D eigenvalue weighted by molar-refractivity contribution is 0.131. The number of unbranched alkanes of at least 4 members (excludes halogenated alkanes) is 2. The highest BCUT2D eigenvalue weighted by Crippen LogP contribution is 2.51. The highest BCUT2D eigenvalue weighted by molar-refractivity contribution is 5.26. The van der Waals surface area contributed by atoms with Crippen molar-refractivity contribution in [3.8, 4) is 6.07 Å². The van der Waals surface area contributed by atoms with Crippen molar-refractivity contribution in [2.75, 3.05) is 0 Å². The summed E-state index contributed by atoms with van der Waals surface area (Å²) in [6, 6.07) is 2.83. The topological polar surface area (TPSA) is 23.8 Å². The van der Waals surface area contributed by atoms with Gasteiger partial charge in [0.25, 0.3) is 0 Å². The van der Waals surface area contributed by atoms with Gasteiger partial charge in [-0.2, -0.15) is 5.26 Å². The molecule has 0 heterocycles. The molecule has 3 rings (SSSR count). The first-order valence-corrected chi connectivity index (χ1v) is 12.8. The maximum absolute atomic E-state index is 10.1. The van der Waals surface area contributed by atoms with Crippen LogP contribution in [0.1, 0.15) is 123 Å². The van der Waals surface area contributed by atoms with Gasteiger partial charge in [0.1, 0.15) is 0 Å². The first kappa shape index (κ1) is 21.9. The molecule has 3 aliphatic carbocycles. The molecular formula is C27H45N. The Labute approximate surface area is 175 Å². The van der Waals surface area contributed by atoms with Crippen molar-refractivity contribution in [2.24, 2.45) is 29.1 Å². The molecule has 0 bridgehead atoms. The Morgan fingerprint density at radius 2 is 1.57 bits per heavy atom. The van der Waals surface area contributed by atoms with Crippen LogP contribution in [0.2, 0.25) is 0 Å². The van der Waals surface area contributed by atoms with Crippen LogP contribution in [0.4, 0.5) is 0 Å². The van der Waals surface area contributed by atoms with Crippen molar-refractivity contribution in [2.45, 2.75) is 123 Å². The summed E-state index contributed by atoms with van der Waals surface area (Å²) in [5, 5.41) is 10.1. The summed E-state index contributed by atoms with van der Waals surface area (Å²) >= 11 is 0. The minimum Gasteiger partial charge on any atom is -0.197 e. The predicted octanol–water partition coefficient (Wildman–Crippen LogP) is 8.60. The van der Waals surface area contributed by atoms with Gasteiger partial charge in [0.2, 0.25) is 0 Å². The van der Waals surface area contributed by atoms with Crippen LogP contribution in [0.25, 0.3) is 0 Å². The van der Waals surface area contributed by atoms with Crippen LogP contribution in [0, 0.1) is 40.4 Å². The molecule has 0 aliphatic heterocycles. The first-order chi connectivity index (χ1) is 13.7. The lowest BCUT2D eigenvalue weighted by Gasteiger charge is -2.42. The van der Waals surface area contributed by atoms with E-state index < -0.39 is 0 Å². The number of hydrogen-bond donors (Lipinski definition) is 0. The van der Waals surface area contributed by atoms with Gasteiger partial charge in [-0.15, -0.1) is 0 Å². The standard InChI is InChI=1S/C27H45N/c1-3-5-6-8-23-11-15-26(16-12-23)27(21-28)19-17-25(18-20-27)24-13-9-22(7-4-2)10-14-24/h15,22-25H,3-14,16-20H2,1-2H3. The average Bonchev–Trinajstić information content (AvgIpc) is 2.75. The van der Waals surface area contributed by atoms with Crippen LogP contribution < -0.4 is 0 Å². The molecule has 2 fully saturated rings. The third-order valence-electron chi connectivity index (χ3n) is 8.70. The summed E-state index contributed by atoms with van der Waals surface area (Å²) in [5.41, 5.74) is 1.44. The van der Waals surface area contributed by atoms with Gasteiger partial charge in [-0.05, 0) is 81.5 Å². The van der Waals surface area contributed by atoms with Crippen LogP contribution in [0.3, 0.4) is 0 Å². The van der Waals surface area contributed by atoms with Crippen molar-refractivity contribution in [1.29, 1.82) is 5.26 Å². The van der Waals surface area contributed by atoms with Gasteiger partial charge in [0.05, 0.1) is 11.5 Å². The molecule has 0 spiro atoms. The van der Waals surface area contributed by atoms with Crippen LogP contribution in [-0.2, 0) is 0 Å². The number of allylic oxidation sites excluding steroid dienone is 2. The first-order valence-electron chi connectivity index (χ1n) is 12.8. The zero-order valence-corrected chi connectivity index (χ0v) is 18.9. The summed E-state index contributed by atoms with van der Waals surface area (Å²) in [4.78, 5) is 0. The molecule has 1 heteroatoms. The van der Waals surface area contributed by atoms with Gasteiger partial charge in [-0.3, -0.25) is 0 Å². The maximum Gasteiger partial charge on any atom is 0.0782 e. The van der Waals surface area contributed by atoms with Crippen LogP contribution >= 0.6 is 0 Å². The Morgan fingerprint density at radius 1 is 0.857 bits per heavy atom. The van der Waals surface area contributed by atoms with Crippen molar-refractivity contribution in [3.63, 3.8) is 0 Å². The van der Waals surface area contributed by atoms with E-state index in [-0.39, 0.29) is 5.41 Å². The van der Waals surface area contributed by atoms with Gasteiger partial charge < -0.3 is 0 Å². The van der Waals surface area contributed by atoms with Gasteiger partial charge in [0, 0.05) is 0 Å². The Morgan fingerprint density at radius 3 is 2.14 bits per heavy atom. The monoisotopic (exact) mass is 383 g/mol. The van der Waals surface area contributed by atoms with E-state index >= 15 is 0 Å². The summed E-state index contributed by atoms with van der Waals surface area (Å²) in [5.74, 6) is 3.78. The smallest absolute Gasteiger partial charge is 0.0782 e. The second-order valence-electron chi connectivity index (χ2n) is 10.5. The molecule has 0 aromatic carbocycles. The second kappa shape index (κ2) is 10.8. The SMILES string of the molecule is CCCCCC1CC=C(C2(C#N)CCC(C3CCC(CCC)CC3)CC2)CC1. The quantitative estimate of drug-likeness (QED) is 0.304. The van der Waals surface area contributed by atoms with Crippen molar-refractivity contribution >= 4 is 0 Å². The molecule has 0 aromatic heterocycles. The third kappa shape index (κ3) is 5.43. The summed E-state index contributed by atoms with van der Waals surface area (Å²) in [7, 11) is 0. The molecule has 1 nitrogen and oxygen atoms in total. The Balaban J connectivity index is 1.48. The fourth-order valence-electron chi connectivity index (χ4n) is 6.73. The van der Waals surface area contributed by atoms with E-state index in [0.29, 0.717) is 0 Å². The second-order valence-corrected chi connectivity index (χ2v) is 10.5. The highest BCUT2D eigenvalue weighted by atomic mass is 14.5. The molecule has 0 amide bonds. The molecule has 0 saturated heterocycles. The van der Waals surface area contributed by atoms with Crippen molar-refractivity contribution in [1.82, 2.24) is 0 Å². The molecule has 158 valence electrons. The van der Waals surface area contributed by atoms with E-state index in [4.69, 9.17) is 0 Å². The molecule has 0 radical (unpaired) electrons. The van der Waals surface area contributed by atoms with Crippen LogP contribution in [0.5, 0.6) is 0 Å². The van der Waals surface area contributed by atoms with Gasteiger partial charge in [0.15, 0.2) is 0 Å². The molecular weight excluding hydrogens is 338 g/mol. The number of nitriles is 1. The minimum atomic E-state index is -0.0930. The number of rotatable bonds is 8. The molecule has 2 saturated carbocycles. The minimum absolute atomic E-state index is 0.0930. The molecule has 3 aliphatic rings. The van der Waals surface area contributed by atoms with Gasteiger partial charge >= 0.3 is 0 Å². The van der Waals surface area contributed by atoms with E-state index in [9.17, 15) is 5.26 Å². The zero-order chi connectivity index (χ0) is 19.8. The fourth-order valence-corrected chi connectivity index (χ4v) is 6.73. The molecule has 28 heavy (non-hydrogen) atoms. The van der Waals surface area contributed by atoms with E-state index in [1.54, 1.807) is 0 Å². The predicted molar refractivity (Wildman–Crippen MR) is 120 cm³/mol. The fraction of sp³-hybridized carbons (Fsp3) is 0.889. The van der Waals surface area contributed by atoms with Crippen molar-refractivity contribution in [3.05, 3.63) is 11.6 Å². The summed E-state index contributed by atoms with van der Waals surface area (Å²) in [6.45, 7) is 4.63. The zero-order valence-electron chi connectivity index (χ0n) is 18.9. The van der Waals surface area contributed by atoms with E-state index in [1.165, 1.54) is 102 Å². The summed E-state index contributed by atoms with van der Waals surface area (Å²) < 4.78 is 0. The Bertz CT molecular complexity index is 523. The maximum atomic E-state index is 10.1.